The highest BCUT2D eigenvalue weighted by Gasteiger charge is 1.96. The van der Waals surface area contributed by atoms with Gasteiger partial charge < -0.3 is 37.9 Å². The molecule has 0 N–H and O–H groups in total. The third kappa shape index (κ3) is 25.7. The molecular formula is C20H42O8. The summed E-state index contributed by atoms with van der Waals surface area (Å²) in [5.41, 5.74) is 0. The van der Waals surface area contributed by atoms with Gasteiger partial charge in [0.05, 0.1) is 105 Å². The van der Waals surface area contributed by atoms with Crippen molar-refractivity contribution < 1.29 is 37.9 Å². The first-order valence-electron chi connectivity index (χ1n) is 10.3. The van der Waals surface area contributed by atoms with Crippen molar-refractivity contribution in [1.82, 2.24) is 0 Å². The van der Waals surface area contributed by atoms with Crippen molar-refractivity contribution in [1.29, 1.82) is 0 Å². The van der Waals surface area contributed by atoms with E-state index >= 15 is 0 Å². The fourth-order valence-electron chi connectivity index (χ4n) is 1.89. The van der Waals surface area contributed by atoms with Gasteiger partial charge in [0.15, 0.2) is 0 Å². The number of hydrogen-bond acceptors (Lipinski definition) is 8. The summed E-state index contributed by atoms with van der Waals surface area (Å²) in [6.45, 7) is 16.0. The Morgan fingerprint density at radius 1 is 0.321 bits per heavy atom. The SMILES string of the molecule is CC(C)OCCOCCOCCOCCOCCOCCOCCOC(C)C. The smallest absolute Gasteiger partial charge is 0.0703 e. The van der Waals surface area contributed by atoms with Crippen molar-refractivity contribution in [2.75, 3.05) is 92.5 Å². The molecule has 0 bridgehead atoms. The standard InChI is InChI=1S/C20H42O8/c1-19(2)27-17-15-25-13-11-23-9-7-21-5-6-22-8-10-24-12-14-26-16-18-28-20(3)4/h19-20H,5-18H2,1-4H3. The van der Waals surface area contributed by atoms with E-state index in [2.05, 4.69) is 0 Å². The monoisotopic (exact) mass is 410 g/mol. The maximum Gasteiger partial charge on any atom is 0.0703 e. The summed E-state index contributed by atoms with van der Waals surface area (Å²) in [6, 6.07) is 0. The Morgan fingerprint density at radius 3 is 0.679 bits per heavy atom. The molecule has 0 aromatic rings. The van der Waals surface area contributed by atoms with Crippen LogP contribution in [0.2, 0.25) is 0 Å². The molecule has 0 spiro atoms. The van der Waals surface area contributed by atoms with E-state index in [1.165, 1.54) is 0 Å². The van der Waals surface area contributed by atoms with E-state index in [1.54, 1.807) is 0 Å². The van der Waals surface area contributed by atoms with Gasteiger partial charge in [-0.15, -0.1) is 0 Å². The second-order valence-electron chi connectivity index (χ2n) is 6.51. The molecule has 0 aromatic heterocycles. The maximum absolute atomic E-state index is 5.42. The van der Waals surface area contributed by atoms with E-state index in [0.29, 0.717) is 92.5 Å². The topological polar surface area (TPSA) is 73.8 Å². The Morgan fingerprint density at radius 2 is 0.500 bits per heavy atom. The molecule has 0 amide bonds. The molecule has 0 heterocycles. The molecule has 0 aliphatic carbocycles. The second kappa shape index (κ2) is 23.0. The average Bonchev–Trinajstić information content (AvgIpc) is 2.65. The number of hydrogen-bond donors (Lipinski definition) is 0. The first kappa shape index (κ1) is 27.7. The van der Waals surface area contributed by atoms with Gasteiger partial charge in [-0.3, -0.25) is 0 Å². The molecule has 28 heavy (non-hydrogen) atoms. The lowest BCUT2D eigenvalue weighted by Gasteiger charge is -2.09. The van der Waals surface area contributed by atoms with E-state index in [0.717, 1.165) is 0 Å². The largest absolute Gasteiger partial charge is 0.377 e. The molecule has 0 unspecified atom stereocenters. The highest BCUT2D eigenvalue weighted by molar-refractivity contribution is 4.39. The van der Waals surface area contributed by atoms with Crippen LogP contribution >= 0.6 is 0 Å². The zero-order valence-electron chi connectivity index (χ0n) is 18.3. The van der Waals surface area contributed by atoms with Crippen LogP contribution in [0, 0.1) is 0 Å². The molecule has 0 rings (SSSR count). The normalized spacial score (nSPS) is 11.8. The highest BCUT2D eigenvalue weighted by atomic mass is 16.6. The maximum atomic E-state index is 5.42. The summed E-state index contributed by atoms with van der Waals surface area (Å²) in [4.78, 5) is 0. The van der Waals surface area contributed by atoms with Crippen LogP contribution < -0.4 is 0 Å². The van der Waals surface area contributed by atoms with Crippen LogP contribution in [0.5, 0.6) is 0 Å². The number of rotatable bonds is 23. The Hall–Kier alpha value is -0.320. The highest BCUT2D eigenvalue weighted by Crippen LogP contribution is 1.89. The molecule has 0 fully saturated rings. The Balaban J connectivity index is 3.00. The van der Waals surface area contributed by atoms with Crippen molar-refractivity contribution in [3.05, 3.63) is 0 Å². The van der Waals surface area contributed by atoms with Crippen molar-refractivity contribution >= 4 is 0 Å². The van der Waals surface area contributed by atoms with Gasteiger partial charge in [0, 0.05) is 0 Å². The minimum atomic E-state index is 0.244. The fourth-order valence-corrected chi connectivity index (χ4v) is 1.89. The summed E-state index contributed by atoms with van der Waals surface area (Å²) in [7, 11) is 0. The van der Waals surface area contributed by atoms with Gasteiger partial charge in [-0.05, 0) is 27.7 Å². The van der Waals surface area contributed by atoms with Crippen LogP contribution in [0.1, 0.15) is 27.7 Å². The zero-order valence-corrected chi connectivity index (χ0v) is 18.3. The lowest BCUT2D eigenvalue weighted by Crippen LogP contribution is -2.15. The van der Waals surface area contributed by atoms with E-state index in [-0.39, 0.29) is 12.2 Å². The minimum Gasteiger partial charge on any atom is -0.377 e. The van der Waals surface area contributed by atoms with Crippen LogP contribution in [0.15, 0.2) is 0 Å². The molecule has 0 atom stereocenters. The quantitative estimate of drug-likeness (QED) is 0.237. The van der Waals surface area contributed by atoms with Crippen LogP contribution in [0.3, 0.4) is 0 Å². The lowest BCUT2D eigenvalue weighted by atomic mass is 10.5. The van der Waals surface area contributed by atoms with Gasteiger partial charge in [-0.2, -0.15) is 0 Å². The Bertz CT molecular complexity index is 261. The molecule has 8 nitrogen and oxygen atoms in total. The first-order valence-corrected chi connectivity index (χ1v) is 10.3. The predicted molar refractivity (Wildman–Crippen MR) is 107 cm³/mol. The predicted octanol–water partition coefficient (Wildman–Crippen LogP) is 1.94. The summed E-state index contributed by atoms with van der Waals surface area (Å²) >= 11 is 0. The molecule has 0 saturated carbocycles. The first-order chi connectivity index (χ1) is 13.6. The van der Waals surface area contributed by atoms with E-state index in [1.807, 2.05) is 27.7 Å². The molecular weight excluding hydrogens is 368 g/mol. The van der Waals surface area contributed by atoms with Crippen molar-refractivity contribution in [2.45, 2.75) is 39.9 Å². The number of ether oxygens (including phenoxy) is 8. The molecule has 0 aliphatic rings. The van der Waals surface area contributed by atoms with Gasteiger partial charge in [-0.25, -0.2) is 0 Å². The van der Waals surface area contributed by atoms with Crippen molar-refractivity contribution in [2.24, 2.45) is 0 Å². The third-order valence-corrected chi connectivity index (χ3v) is 3.22. The van der Waals surface area contributed by atoms with Crippen LogP contribution in [0.4, 0.5) is 0 Å². The van der Waals surface area contributed by atoms with E-state index in [9.17, 15) is 0 Å². The zero-order chi connectivity index (χ0) is 20.7. The summed E-state index contributed by atoms with van der Waals surface area (Å²) < 4.78 is 43.2. The molecule has 8 heteroatoms. The van der Waals surface area contributed by atoms with Crippen molar-refractivity contribution in [3.63, 3.8) is 0 Å². The summed E-state index contributed by atoms with van der Waals surface area (Å²) in [6.07, 6.45) is 0.488. The van der Waals surface area contributed by atoms with Gasteiger partial charge in [0.2, 0.25) is 0 Å². The van der Waals surface area contributed by atoms with Crippen LogP contribution in [-0.4, -0.2) is 105 Å². The molecule has 0 radical (unpaired) electrons. The minimum absolute atomic E-state index is 0.244. The average molecular weight is 411 g/mol. The Labute approximate surface area is 171 Å². The molecule has 170 valence electrons. The van der Waals surface area contributed by atoms with Gasteiger partial charge in [0.25, 0.3) is 0 Å². The fraction of sp³-hybridized carbons (Fsp3) is 1.00. The van der Waals surface area contributed by atoms with E-state index < -0.39 is 0 Å². The van der Waals surface area contributed by atoms with Crippen LogP contribution in [-0.2, 0) is 37.9 Å². The Kier molecular flexibility index (Phi) is 22.7. The van der Waals surface area contributed by atoms with Gasteiger partial charge in [-0.1, -0.05) is 0 Å². The molecule has 0 aliphatic heterocycles. The van der Waals surface area contributed by atoms with Gasteiger partial charge in [0.1, 0.15) is 0 Å². The summed E-state index contributed by atoms with van der Waals surface area (Å²) in [5.74, 6) is 0. The molecule has 0 saturated heterocycles. The second-order valence-corrected chi connectivity index (χ2v) is 6.51. The van der Waals surface area contributed by atoms with E-state index in [4.69, 9.17) is 37.9 Å². The lowest BCUT2D eigenvalue weighted by molar-refractivity contribution is -0.0273. The van der Waals surface area contributed by atoms with Gasteiger partial charge >= 0.3 is 0 Å². The third-order valence-electron chi connectivity index (χ3n) is 3.22. The molecule has 0 aromatic carbocycles. The van der Waals surface area contributed by atoms with Crippen molar-refractivity contribution in [3.8, 4) is 0 Å². The van der Waals surface area contributed by atoms with Crippen LogP contribution in [0.25, 0.3) is 0 Å². The summed E-state index contributed by atoms with van der Waals surface area (Å²) in [5, 5.41) is 0.